The first-order valence-electron chi connectivity index (χ1n) is 6.54. The molecule has 96 valence electrons. The third-order valence-electron chi connectivity index (χ3n) is 3.22. The second-order valence-electron chi connectivity index (χ2n) is 5.49. The average Bonchev–Trinajstić information content (AvgIpc) is 2.82. The van der Waals surface area contributed by atoms with E-state index in [0.29, 0.717) is 0 Å². The molecule has 2 rings (SSSR count). The maximum absolute atomic E-state index is 5.36. The third-order valence-corrected chi connectivity index (χ3v) is 3.22. The Kier molecular flexibility index (Phi) is 4.21. The summed E-state index contributed by atoms with van der Waals surface area (Å²) in [6, 6.07) is 14.7. The van der Waals surface area contributed by atoms with E-state index in [-0.39, 0.29) is 0 Å². The van der Waals surface area contributed by atoms with Gasteiger partial charge in [-0.1, -0.05) is 30.3 Å². The first-order valence-corrected chi connectivity index (χ1v) is 6.54. The minimum absolute atomic E-state index is 1.02. The average molecular weight is 244 g/mol. The molecular weight excluding hydrogens is 222 g/mol. The van der Waals surface area contributed by atoms with Crippen molar-refractivity contribution in [1.82, 2.24) is 0 Å². The zero-order chi connectivity index (χ0) is 12.8. The number of quaternary nitrogens is 1. The van der Waals surface area contributed by atoms with E-state index < -0.39 is 0 Å². The molecule has 2 heteroatoms. The van der Waals surface area contributed by atoms with Crippen molar-refractivity contribution in [3.05, 3.63) is 60.1 Å². The summed E-state index contributed by atoms with van der Waals surface area (Å²) in [7, 11) is 4.57. The lowest BCUT2D eigenvalue weighted by molar-refractivity contribution is -0.903. The van der Waals surface area contributed by atoms with E-state index in [9.17, 15) is 0 Å². The fourth-order valence-electron chi connectivity index (χ4n) is 2.29. The van der Waals surface area contributed by atoms with Crippen LogP contribution in [0.2, 0.25) is 0 Å². The third kappa shape index (κ3) is 4.04. The van der Waals surface area contributed by atoms with Crippen molar-refractivity contribution in [2.75, 3.05) is 20.6 Å². The predicted octanol–water partition coefficient (Wildman–Crippen LogP) is 3.49. The number of nitrogens with zero attached hydrogens (tertiary/aromatic N) is 1. The van der Waals surface area contributed by atoms with Gasteiger partial charge in [0.05, 0.1) is 26.9 Å². The number of aryl methyl sites for hydroxylation is 1. The molecule has 0 aliphatic heterocycles. The summed E-state index contributed by atoms with van der Waals surface area (Å²) in [5, 5.41) is 0. The predicted molar refractivity (Wildman–Crippen MR) is 74.2 cm³/mol. The summed E-state index contributed by atoms with van der Waals surface area (Å²) in [4.78, 5) is 0. The minimum Gasteiger partial charge on any atom is -0.469 e. The molecule has 0 amide bonds. The molecule has 2 nitrogen and oxygen atoms in total. The number of rotatable bonds is 6. The molecule has 0 bridgehead atoms. The Morgan fingerprint density at radius 3 is 2.44 bits per heavy atom. The first-order chi connectivity index (χ1) is 8.66. The zero-order valence-corrected chi connectivity index (χ0v) is 11.3. The highest BCUT2D eigenvalue weighted by Crippen LogP contribution is 2.11. The number of furan rings is 1. The highest BCUT2D eigenvalue weighted by atomic mass is 16.3. The summed E-state index contributed by atoms with van der Waals surface area (Å²) in [6.45, 7) is 2.24. The van der Waals surface area contributed by atoms with Gasteiger partial charge < -0.3 is 8.90 Å². The minimum atomic E-state index is 1.02. The van der Waals surface area contributed by atoms with Crippen molar-refractivity contribution >= 4 is 0 Å². The van der Waals surface area contributed by atoms with Gasteiger partial charge in [0.15, 0.2) is 0 Å². The summed E-state index contributed by atoms with van der Waals surface area (Å²) in [5.41, 5.74) is 1.40. The van der Waals surface area contributed by atoms with Crippen LogP contribution in [0.25, 0.3) is 0 Å². The Bertz CT molecular complexity index is 445. The van der Waals surface area contributed by atoms with E-state index in [1.807, 2.05) is 6.07 Å². The van der Waals surface area contributed by atoms with E-state index in [2.05, 4.69) is 50.5 Å². The van der Waals surface area contributed by atoms with E-state index in [0.717, 1.165) is 36.2 Å². The summed E-state index contributed by atoms with van der Waals surface area (Å²) in [6.07, 6.45) is 3.94. The number of benzene rings is 1. The molecule has 1 aromatic heterocycles. The molecule has 0 radical (unpaired) electrons. The largest absolute Gasteiger partial charge is 0.469 e. The second-order valence-corrected chi connectivity index (χ2v) is 5.49. The van der Waals surface area contributed by atoms with E-state index in [1.165, 1.54) is 5.56 Å². The highest BCUT2D eigenvalue weighted by molar-refractivity contribution is 5.13. The lowest BCUT2D eigenvalue weighted by Crippen LogP contribution is -2.39. The Morgan fingerprint density at radius 2 is 1.78 bits per heavy atom. The smallest absolute Gasteiger partial charge is 0.104 e. The molecule has 0 saturated heterocycles. The van der Waals surface area contributed by atoms with Crippen molar-refractivity contribution in [1.29, 1.82) is 0 Å². The molecule has 0 aliphatic carbocycles. The van der Waals surface area contributed by atoms with Gasteiger partial charge in [-0.05, 0) is 12.1 Å². The molecule has 0 unspecified atom stereocenters. The highest BCUT2D eigenvalue weighted by Gasteiger charge is 2.15. The Hall–Kier alpha value is -1.54. The van der Waals surface area contributed by atoms with Gasteiger partial charge in [-0.25, -0.2) is 0 Å². The number of hydrogen-bond donors (Lipinski definition) is 0. The fraction of sp³-hybridized carbons (Fsp3) is 0.375. The quantitative estimate of drug-likeness (QED) is 0.709. The molecule has 0 saturated carbocycles. The van der Waals surface area contributed by atoms with Gasteiger partial charge in [0.1, 0.15) is 12.3 Å². The maximum Gasteiger partial charge on any atom is 0.104 e. The van der Waals surface area contributed by atoms with Gasteiger partial charge in [0.2, 0.25) is 0 Å². The van der Waals surface area contributed by atoms with Gasteiger partial charge in [0.25, 0.3) is 0 Å². The zero-order valence-electron chi connectivity index (χ0n) is 11.3. The lowest BCUT2D eigenvalue weighted by Gasteiger charge is -2.29. The molecule has 0 aliphatic rings. The molecule has 18 heavy (non-hydrogen) atoms. The van der Waals surface area contributed by atoms with Crippen LogP contribution in [-0.2, 0) is 13.0 Å². The standard InChI is InChI=1S/C16H22NO/c1-17(2,14-15-8-4-3-5-9-15)12-6-10-16-11-7-13-18-16/h3-5,7-9,11,13H,6,10,12,14H2,1-2H3/q+1. The van der Waals surface area contributed by atoms with Gasteiger partial charge in [-0.3, -0.25) is 0 Å². The van der Waals surface area contributed by atoms with Crippen LogP contribution in [0.15, 0.2) is 53.1 Å². The molecule has 0 atom stereocenters. The van der Waals surface area contributed by atoms with Crippen molar-refractivity contribution in [2.24, 2.45) is 0 Å². The van der Waals surface area contributed by atoms with Crippen LogP contribution in [0.3, 0.4) is 0 Å². The lowest BCUT2D eigenvalue weighted by atomic mass is 10.1. The monoisotopic (exact) mass is 244 g/mol. The van der Waals surface area contributed by atoms with Crippen LogP contribution >= 0.6 is 0 Å². The summed E-state index contributed by atoms with van der Waals surface area (Å²) in [5.74, 6) is 1.09. The van der Waals surface area contributed by atoms with Crippen LogP contribution in [0.4, 0.5) is 0 Å². The van der Waals surface area contributed by atoms with Gasteiger partial charge in [0, 0.05) is 18.4 Å². The van der Waals surface area contributed by atoms with Crippen molar-refractivity contribution in [3.63, 3.8) is 0 Å². The van der Waals surface area contributed by atoms with E-state index >= 15 is 0 Å². The molecule has 0 N–H and O–H groups in total. The van der Waals surface area contributed by atoms with Gasteiger partial charge in [-0.15, -0.1) is 0 Å². The van der Waals surface area contributed by atoms with Crippen LogP contribution in [0.5, 0.6) is 0 Å². The van der Waals surface area contributed by atoms with Crippen LogP contribution < -0.4 is 0 Å². The topological polar surface area (TPSA) is 13.1 Å². The van der Waals surface area contributed by atoms with Crippen LogP contribution in [0, 0.1) is 0 Å². The molecule has 0 spiro atoms. The fourth-order valence-corrected chi connectivity index (χ4v) is 2.29. The Morgan fingerprint density at radius 1 is 1.00 bits per heavy atom. The molecule has 0 fully saturated rings. The van der Waals surface area contributed by atoms with E-state index in [4.69, 9.17) is 4.42 Å². The van der Waals surface area contributed by atoms with Gasteiger partial charge >= 0.3 is 0 Å². The Labute approximate surface area is 109 Å². The first kappa shape index (κ1) is 12.9. The van der Waals surface area contributed by atoms with Crippen molar-refractivity contribution < 1.29 is 8.90 Å². The van der Waals surface area contributed by atoms with Crippen LogP contribution in [0.1, 0.15) is 17.7 Å². The molecule has 2 aromatic rings. The van der Waals surface area contributed by atoms with Crippen LogP contribution in [-0.4, -0.2) is 25.1 Å². The summed E-state index contributed by atoms with van der Waals surface area (Å²) < 4.78 is 6.38. The second kappa shape index (κ2) is 5.87. The molecule has 1 aromatic carbocycles. The van der Waals surface area contributed by atoms with Crippen molar-refractivity contribution in [3.8, 4) is 0 Å². The normalized spacial score (nSPS) is 11.7. The Balaban J connectivity index is 1.80. The SMILES string of the molecule is C[N+](C)(CCCc1ccco1)Cc1ccccc1. The maximum atomic E-state index is 5.36. The van der Waals surface area contributed by atoms with E-state index in [1.54, 1.807) is 6.26 Å². The molecule has 1 heterocycles. The summed E-state index contributed by atoms with van der Waals surface area (Å²) >= 11 is 0. The van der Waals surface area contributed by atoms with Crippen molar-refractivity contribution in [2.45, 2.75) is 19.4 Å². The van der Waals surface area contributed by atoms with Gasteiger partial charge in [-0.2, -0.15) is 0 Å². The molecular formula is C16H22NO+. The number of hydrogen-bond acceptors (Lipinski definition) is 1.